The van der Waals surface area contributed by atoms with Gasteiger partial charge in [-0.2, -0.15) is 0 Å². The molecule has 2 aromatic rings. The molecule has 1 unspecified atom stereocenters. The van der Waals surface area contributed by atoms with Gasteiger partial charge in [0.05, 0.1) is 0 Å². The van der Waals surface area contributed by atoms with Gasteiger partial charge in [-0.15, -0.1) is 24.0 Å². The van der Waals surface area contributed by atoms with Crippen LogP contribution >= 0.6 is 24.0 Å². The molecule has 3 rings (SSSR count). The monoisotopic (exact) mass is 439 g/mol. The predicted molar refractivity (Wildman–Crippen MR) is 107 cm³/mol. The highest BCUT2D eigenvalue weighted by Crippen LogP contribution is 2.26. The van der Waals surface area contributed by atoms with Crippen LogP contribution in [-0.4, -0.2) is 31.0 Å². The van der Waals surface area contributed by atoms with E-state index >= 15 is 0 Å². The zero-order chi connectivity index (χ0) is 16.1. The van der Waals surface area contributed by atoms with Gasteiger partial charge in [-0.25, -0.2) is 4.39 Å². The van der Waals surface area contributed by atoms with Gasteiger partial charge in [-0.05, 0) is 29.7 Å². The molecule has 0 saturated carbocycles. The van der Waals surface area contributed by atoms with E-state index in [2.05, 4.69) is 45.5 Å². The van der Waals surface area contributed by atoms with Gasteiger partial charge in [0.25, 0.3) is 0 Å². The van der Waals surface area contributed by atoms with Crippen LogP contribution < -0.4 is 5.32 Å². The van der Waals surface area contributed by atoms with Crippen molar-refractivity contribution in [3.05, 3.63) is 71.5 Å². The van der Waals surface area contributed by atoms with E-state index < -0.39 is 0 Å². The first kappa shape index (κ1) is 18.7. The Balaban J connectivity index is 0.00000208. The molecule has 5 heteroatoms. The molecule has 0 aromatic heterocycles. The third-order valence-electron chi connectivity index (χ3n) is 4.33. The maximum atomic E-state index is 12.9. The highest BCUT2D eigenvalue weighted by molar-refractivity contribution is 14.0. The maximum absolute atomic E-state index is 12.9. The molecule has 1 aliphatic rings. The SMILES string of the molecule is CN=C(NCc1ccc(F)cc1)N1CCC(c2ccccc2)C1.I. The largest absolute Gasteiger partial charge is 0.352 e. The van der Waals surface area contributed by atoms with Crippen LogP contribution in [0.25, 0.3) is 0 Å². The standard InChI is InChI=1S/C19H22FN3.HI/c1-21-19(22-13-15-7-9-18(20)10-8-15)23-12-11-17(14-23)16-5-3-2-4-6-16;/h2-10,17H,11-14H2,1H3,(H,21,22);1H. The van der Waals surface area contributed by atoms with Crippen molar-refractivity contribution >= 4 is 29.9 Å². The number of halogens is 2. The lowest BCUT2D eigenvalue weighted by molar-refractivity contribution is 0.486. The normalized spacial score (nSPS) is 17.5. The highest BCUT2D eigenvalue weighted by Gasteiger charge is 2.25. The summed E-state index contributed by atoms with van der Waals surface area (Å²) in [6.45, 7) is 2.63. The molecule has 128 valence electrons. The fraction of sp³-hybridized carbons (Fsp3) is 0.316. The Labute approximate surface area is 160 Å². The fourth-order valence-electron chi connectivity index (χ4n) is 3.07. The second-order valence-electron chi connectivity index (χ2n) is 5.87. The summed E-state index contributed by atoms with van der Waals surface area (Å²) in [5, 5.41) is 3.37. The Morgan fingerprint density at radius 2 is 1.88 bits per heavy atom. The van der Waals surface area contributed by atoms with Gasteiger partial charge in [0, 0.05) is 32.6 Å². The van der Waals surface area contributed by atoms with Gasteiger partial charge in [-0.3, -0.25) is 4.99 Å². The van der Waals surface area contributed by atoms with E-state index in [0.29, 0.717) is 12.5 Å². The van der Waals surface area contributed by atoms with Crippen LogP contribution in [0, 0.1) is 5.82 Å². The van der Waals surface area contributed by atoms with Gasteiger partial charge in [0.15, 0.2) is 5.96 Å². The lowest BCUT2D eigenvalue weighted by Gasteiger charge is -2.22. The molecule has 0 radical (unpaired) electrons. The molecular weight excluding hydrogens is 416 g/mol. The van der Waals surface area contributed by atoms with Crippen LogP contribution in [0.4, 0.5) is 4.39 Å². The zero-order valence-electron chi connectivity index (χ0n) is 13.8. The fourth-order valence-corrected chi connectivity index (χ4v) is 3.07. The van der Waals surface area contributed by atoms with Crippen LogP contribution in [0.15, 0.2) is 59.6 Å². The molecule has 24 heavy (non-hydrogen) atoms. The van der Waals surface area contributed by atoms with Crippen LogP contribution in [0.1, 0.15) is 23.5 Å². The van der Waals surface area contributed by atoms with Crippen LogP contribution in [0.5, 0.6) is 0 Å². The van der Waals surface area contributed by atoms with E-state index in [0.717, 1.165) is 31.0 Å². The topological polar surface area (TPSA) is 27.6 Å². The van der Waals surface area contributed by atoms with Crippen molar-refractivity contribution in [1.82, 2.24) is 10.2 Å². The zero-order valence-corrected chi connectivity index (χ0v) is 16.1. The Kier molecular flexibility index (Phi) is 7.02. The number of aliphatic imine (C=N–C) groups is 1. The lowest BCUT2D eigenvalue weighted by Crippen LogP contribution is -2.39. The summed E-state index contributed by atoms with van der Waals surface area (Å²) in [5.41, 5.74) is 2.44. The number of hydrogen-bond acceptors (Lipinski definition) is 1. The van der Waals surface area contributed by atoms with E-state index in [9.17, 15) is 4.39 Å². The van der Waals surface area contributed by atoms with Crippen LogP contribution in [-0.2, 0) is 6.54 Å². The molecule has 1 fully saturated rings. The summed E-state index contributed by atoms with van der Waals surface area (Å²) < 4.78 is 12.9. The predicted octanol–water partition coefficient (Wildman–Crippen LogP) is 4.01. The van der Waals surface area contributed by atoms with Gasteiger partial charge >= 0.3 is 0 Å². The highest BCUT2D eigenvalue weighted by atomic mass is 127. The van der Waals surface area contributed by atoms with Gasteiger partial charge in [0.2, 0.25) is 0 Å². The Bertz CT molecular complexity index is 658. The molecule has 0 amide bonds. The lowest BCUT2D eigenvalue weighted by atomic mass is 9.99. The number of hydrogen-bond donors (Lipinski definition) is 1. The number of guanidine groups is 1. The molecule has 0 aliphatic carbocycles. The third kappa shape index (κ3) is 4.69. The Morgan fingerprint density at radius 1 is 1.17 bits per heavy atom. The molecule has 1 heterocycles. The minimum atomic E-state index is -0.205. The van der Waals surface area contributed by atoms with E-state index in [1.54, 1.807) is 12.1 Å². The molecule has 1 atom stereocenters. The summed E-state index contributed by atoms with van der Waals surface area (Å²) in [5.74, 6) is 1.26. The average Bonchev–Trinajstić information content (AvgIpc) is 3.08. The molecule has 0 spiro atoms. The molecule has 1 aliphatic heterocycles. The number of benzene rings is 2. The second-order valence-corrected chi connectivity index (χ2v) is 5.87. The quantitative estimate of drug-likeness (QED) is 0.445. The number of nitrogens with one attached hydrogen (secondary N) is 1. The van der Waals surface area contributed by atoms with E-state index in [1.165, 1.54) is 17.7 Å². The van der Waals surface area contributed by atoms with Crippen molar-refractivity contribution in [2.75, 3.05) is 20.1 Å². The van der Waals surface area contributed by atoms with Crippen LogP contribution in [0.2, 0.25) is 0 Å². The molecule has 1 N–H and O–H groups in total. The average molecular weight is 439 g/mol. The van der Waals surface area contributed by atoms with Crippen molar-refractivity contribution in [3.63, 3.8) is 0 Å². The smallest absolute Gasteiger partial charge is 0.193 e. The van der Waals surface area contributed by atoms with Gasteiger partial charge in [-0.1, -0.05) is 42.5 Å². The van der Waals surface area contributed by atoms with E-state index in [-0.39, 0.29) is 29.8 Å². The minimum absolute atomic E-state index is 0. The molecule has 2 aromatic carbocycles. The first-order chi connectivity index (χ1) is 11.3. The van der Waals surface area contributed by atoms with Crippen LogP contribution in [0.3, 0.4) is 0 Å². The molecule has 0 bridgehead atoms. The summed E-state index contributed by atoms with van der Waals surface area (Å²) >= 11 is 0. The van der Waals surface area contributed by atoms with Crippen molar-refractivity contribution in [3.8, 4) is 0 Å². The Hall–Kier alpha value is -1.63. The summed E-state index contributed by atoms with van der Waals surface area (Å²) in [7, 11) is 1.81. The number of likely N-dealkylation sites (tertiary alicyclic amines) is 1. The molecule has 1 saturated heterocycles. The first-order valence-corrected chi connectivity index (χ1v) is 8.01. The summed E-state index contributed by atoms with van der Waals surface area (Å²) in [4.78, 5) is 6.68. The van der Waals surface area contributed by atoms with Crippen molar-refractivity contribution in [2.45, 2.75) is 18.9 Å². The molecule has 3 nitrogen and oxygen atoms in total. The number of nitrogens with zero attached hydrogens (tertiary/aromatic N) is 2. The minimum Gasteiger partial charge on any atom is -0.352 e. The van der Waals surface area contributed by atoms with E-state index in [4.69, 9.17) is 0 Å². The molecular formula is C19H23FIN3. The van der Waals surface area contributed by atoms with E-state index in [1.807, 2.05) is 7.05 Å². The third-order valence-corrected chi connectivity index (χ3v) is 4.33. The van der Waals surface area contributed by atoms with Crippen molar-refractivity contribution in [1.29, 1.82) is 0 Å². The summed E-state index contributed by atoms with van der Waals surface area (Å²) in [6.07, 6.45) is 1.14. The van der Waals surface area contributed by atoms with Gasteiger partial charge < -0.3 is 10.2 Å². The Morgan fingerprint density at radius 3 is 2.54 bits per heavy atom. The number of rotatable bonds is 3. The van der Waals surface area contributed by atoms with Crippen molar-refractivity contribution in [2.24, 2.45) is 4.99 Å². The first-order valence-electron chi connectivity index (χ1n) is 8.01. The van der Waals surface area contributed by atoms with Gasteiger partial charge in [0.1, 0.15) is 5.82 Å². The maximum Gasteiger partial charge on any atom is 0.193 e. The summed E-state index contributed by atoms with van der Waals surface area (Å²) in [6, 6.07) is 17.2. The second kappa shape index (κ2) is 9.01. The van der Waals surface area contributed by atoms with Crippen molar-refractivity contribution < 1.29 is 4.39 Å².